The van der Waals surface area contributed by atoms with Crippen LogP contribution < -0.4 is 19.5 Å². The van der Waals surface area contributed by atoms with E-state index in [0.717, 1.165) is 70.7 Å². The van der Waals surface area contributed by atoms with Gasteiger partial charge in [-0.15, -0.1) is 13.2 Å². The van der Waals surface area contributed by atoms with Crippen molar-refractivity contribution < 1.29 is 46.4 Å². The number of hydrogen-bond donors (Lipinski definition) is 1. The van der Waals surface area contributed by atoms with Crippen molar-refractivity contribution in [1.82, 2.24) is 0 Å². The van der Waals surface area contributed by atoms with Crippen molar-refractivity contribution in [2.45, 2.75) is 45.4 Å². The summed E-state index contributed by atoms with van der Waals surface area (Å²) in [5.74, 6) is -0.542. The van der Waals surface area contributed by atoms with Crippen LogP contribution in [0.5, 0.6) is 17.2 Å². The molecule has 1 aliphatic rings. The van der Waals surface area contributed by atoms with Crippen LogP contribution >= 0.6 is 0 Å². The molecule has 0 saturated carbocycles. The third-order valence-electron chi connectivity index (χ3n) is 7.19. The van der Waals surface area contributed by atoms with Gasteiger partial charge in [-0.1, -0.05) is 13.3 Å². The highest BCUT2D eigenvalue weighted by Crippen LogP contribution is 2.31. The van der Waals surface area contributed by atoms with E-state index >= 15 is 0 Å². The Morgan fingerprint density at radius 2 is 1.39 bits per heavy atom. The van der Waals surface area contributed by atoms with Gasteiger partial charge in [0.2, 0.25) is 0 Å². The molecule has 1 fully saturated rings. The summed E-state index contributed by atoms with van der Waals surface area (Å²) >= 11 is 0. The van der Waals surface area contributed by atoms with Crippen molar-refractivity contribution in [3.8, 4) is 17.2 Å². The third kappa shape index (κ3) is 10.3. The van der Waals surface area contributed by atoms with E-state index in [-0.39, 0.29) is 22.4 Å². The number of nitrogens with one attached hydrogen (secondary N) is 1. The van der Waals surface area contributed by atoms with Crippen LogP contribution in [0.3, 0.4) is 0 Å². The number of carbonyl (C=O) groups is 2. The number of rotatable bonds is 16. The van der Waals surface area contributed by atoms with Crippen molar-refractivity contribution in [3.63, 3.8) is 0 Å². The zero-order valence-electron chi connectivity index (χ0n) is 24.5. The highest BCUT2D eigenvalue weighted by molar-refractivity contribution is 6.04. The van der Waals surface area contributed by atoms with Crippen LogP contribution in [0.25, 0.3) is 0 Å². The van der Waals surface area contributed by atoms with E-state index in [1.165, 1.54) is 36.4 Å². The number of unbranched alkanes of at least 4 members (excludes halogenated alkanes) is 3. The maximum absolute atomic E-state index is 12.6. The number of amides is 1. The number of alkyl halides is 3. The Morgan fingerprint density at radius 1 is 0.795 bits per heavy atom. The van der Waals surface area contributed by atoms with Gasteiger partial charge in [0.25, 0.3) is 5.91 Å². The van der Waals surface area contributed by atoms with Crippen LogP contribution in [0.2, 0.25) is 0 Å². The molecule has 1 amide bonds. The second-order valence-electron chi connectivity index (χ2n) is 10.6. The van der Waals surface area contributed by atoms with Gasteiger partial charge >= 0.3 is 12.3 Å². The van der Waals surface area contributed by atoms with E-state index in [9.17, 15) is 22.8 Å². The molecule has 0 radical (unpaired) electrons. The molecular formula is C33H36F3NO7. The summed E-state index contributed by atoms with van der Waals surface area (Å²) in [4.78, 5) is 25.0. The van der Waals surface area contributed by atoms with Crippen LogP contribution in [0, 0.1) is 5.41 Å². The van der Waals surface area contributed by atoms with Gasteiger partial charge < -0.3 is 29.0 Å². The number of esters is 1. The highest BCUT2D eigenvalue weighted by atomic mass is 19.4. The Labute approximate surface area is 254 Å². The normalized spacial score (nSPS) is 13.9. The van der Waals surface area contributed by atoms with E-state index in [2.05, 4.69) is 17.0 Å². The van der Waals surface area contributed by atoms with E-state index in [4.69, 9.17) is 18.9 Å². The van der Waals surface area contributed by atoms with E-state index in [0.29, 0.717) is 17.9 Å². The van der Waals surface area contributed by atoms with Crippen molar-refractivity contribution in [2.24, 2.45) is 5.41 Å². The summed E-state index contributed by atoms with van der Waals surface area (Å²) in [6.07, 6.45) is 0.357. The zero-order valence-corrected chi connectivity index (χ0v) is 24.5. The van der Waals surface area contributed by atoms with Gasteiger partial charge in [-0.25, -0.2) is 4.79 Å². The van der Waals surface area contributed by atoms with Crippen molar-refractivity contribution >= 4 is 17.6 Å². The number of ether oxygens (including phenoxy) is 5. The van der Waals surface area contributed by atoms with E-state index in [1.54, 1.807) is 24.3 Å². The predicted molar refractivity (Wildman–Crippen MR) is 157 cm³/mol. The molecule has 11 heteroatoms. The summed E-state index contributed by atoms with van der Waals surface area (Å²) in [6.45, 7) is 5.91. The lowest BCUT2D eigenvalue weighted by Crippen LogP contribution is -2.45. The largest absolute Gasteiger partial charge is 0.573 e. The Kier molecular flexibility index (Phi) is 11.6. The van der Waals surface area contributed by atoms with Gasteiger partial charge in [-0.3, -0.25) is 4.79 Å². The lowest BCUT2D eigenvalue weighted by Gasteiger charge is -2.40. The summed E-state index contributed by atoms with van der Waals surface area (Å²) in [5, 5.41) is 2.58. The number of benzene rings is 3. The predicted octanol–water partition coefficient (Wildman–Crippen LogP) is 7.44. The van der Waals surface area contributed by atoms with Crippen molar-refractivity contribution in [2.75, 3.05) is 38.4 Å². The fraction of sp³-hybridized carbons (Fsp3) is 0.394. The molecule has 3 aromatic carbocycles. The Balaban J connectivity index is 1.12. The molecule has 1 aliphatic heterocycles. The number of hydrogen-bond acceptors (Lipinski definition) is 7. The van der Waals surface area contributed by atoms with Crippen LogP contribution in [0.4, 0.5) is 18.9 Å². The van der Waals surface area contributed by atoms with Crippen LogP contribution in [-0.4, -0.2) is 51.3 Å². The number of halogens is 3. The van der Waals surface area contributed by atoms with Gasteiger partial charge in [0.1, 0.15) is 17.2 Å². The van der Waals surface area contributed by atoms with Crippen LogP contribution in [0.1, 0.15) is 59.7 Å². The second-order valence-corrected chi connectivity index (χ2v) is 10.6. The first-order chi connectivity index (χ1) is 21.1. The lowest BCUT2D eigenvalue weighted by atomic mass is 9.84. The minimum atomic E-state index is -4.80. The minimum Gasteiger partial charge on any atom is -0.494 e. The topological polar surface area (TPSA) is 92.3 Å². The minimum absolute atomic E-state index is 0.231. The van der Waals surface area contributed by atoms with Crippen LogP contribution in [0.15, 0.2) is 72.8 Å². The molecule has 0 aliphatic carbocycles. The average molecular weight is 616 g/mol. The number of carbonyl (C=O) groups excluding carboxylic acids is 2. The Hall–Kier alpha value is -4.09. The summed E-state index contributed by atoms with van der Waals surface area (Å²) < 4.78 is 63.0. The third-order valence-corrected chi connectivity index (χ3v) is 7.19. The molecule has 3 aromatic rings. The highest BCUT2D eigenvalue weighted by Gasteiger charge is 2.36. The molecule has 0 aromatic heterocycles. The number of anilines is 1. The standard InChI is InChI=1S/C33H36F3NO7/c1-2-32(22-41-23-32)21-40-19-5-3-4-6-20-42-27-13-9-25(10-14-27)31(39)43-28-15-7-24(8-16-28)30(38)37-26-11-17-29(18-12-26)44-33(34,35)36/h7-18H,2-6,19-23H2,1H3,(H,37,38). The molecule has 4 rings (SSSR count). The smallest absolute Gasteiger partial charge is 0.494 e. The second kappa shape index (κ2) is 15.6. The molecule has 0 atom stereocenters. The van der Waals surface area contributed by atoms with Gasteiger partial charge in [-0.2, -0.15) is 0 Å². The molecule has 0 unspecified atom stereocenters. The molecule has 1 heterocycles. The molecule has 1 N–H and O–H groups in total. The van der Waals surface area contributed by atoms with Gasteiger partial charge in [0.15, 0.2) is 0 Å². The lowest BCUT2D eigenvalue weighted by molar-refractivity contribution is -0.274. The zero-order chi connectivity index (χ0) is 31.4. The van der Waals surface area contributed by atoms with E-state index < -0.39 is 24.0 Å². The summed E-state index contributed by atoms with van der Waals surface area (Å²) in [5.41, 5.74) is 1.12. The Bertz CT molecular complexity index is 1330. The quantitative estimate of drug-likeness (QED) is 0.102. The van der Waals surface area contributed by atoms with Gasteiger partial charge in [0, 0.05) is 23.3 Å². The SMILES string of the molecule is CCC1(COCCCCCCOc2ccc(C(=O)Oc3ccc(C(=O)Nc4ccc(OC(F)(F)F)cc4)cc3)cc2)COC1. The maximum atomic E-state index is 12.6. The molecule has 44 heavy (non-hydrogen) atoms. The Morgan fingerprint density at radius 3 is 1.98 bits per heavy atom. The van der Waals surface area contributed by atoms with Gasteiger partial charge in [0.05, 0.1) is 32.0 Å². The molecule has 0 bridgehead atoms. The van der Waals surface area contributed by atoms with E-state index in [1.807, 2.05) is 0 Å². The summed E-state index contributed by atoms with van der Waals surface area (Å²) in [6, 6.07) is 17.3. The fourth-order valence-corrected chi connectivity index (χ4v) is 4.39. The molecule has 236 valence electrons. The molecule has 1 saturated heterocycles. The fourth-order valence-electron chi connectivity index (χ4n) is 4.39. The van der Waals surface area contributed by atoms with Crippen LogP contribution in [-0.2, 0) is 9.47 Å². The van der Waals surface area contributed by atoms with Gasteiger partial charge in [-0.05, 0) is 98.5 Å². The maximum Gasteiger partial charge on any atom is 0.573 e. The summed E-state index contributed by atoms with van der Waals surface area (Å²) in [7, 11) is 0. The molecule has 0 spiro atoms. The first-order valence-electron chi connectivity index (χ1n) is 14.5. The molecular weight excluding hydrogens is 579 g/mol. The van der Waals surface area contributed by atoms with Crippen molar-refractivity contribution in [1.29, 1.82) is 0 Å². The molecule has 8 nitrogen and oxygen atoms in total. The monoisotopic (exact) mass is 615 g/mol. The van der Waals surface area contributed by atoms with Crippen molar-refractivity contribution in [3.05, 3.63) is 83.9 Å². The first-order valence-corrected chi connectivity index (χ1v) is 14.5. The average Bonchev–Trinajstić information content (AvgIpc) is 2.98. The first kappa shape index (κ1) is 32.8.